The van der Waals surface area contributed by atoms with Gasteiger partial charge in [-0.1, -0.05) is 19.9 Å². The van der Waals surface area contributed by atoms with Crippen molar-refractivity contribution in [1.29, 1.82) is 0 Å². The minimum absolute atomic E-state index is 0.519. The molecule has 0 saturated heterocycles. The van der Waals surface area contributed by atoms with Crippen molar-refractivity contribution in [1.82, 2.24) is 19.2 Å². The van der Waals surface area contributed by atoms with Crippen molar-refractivity contribution in [2.24, 2.45) is 0 Å². The predicted octanol–water partition coefficient (Wildman–Crippen LogP) is 3.45. The van der Waals surface area contributed by atoms with E-state index in [9.17, 15) is 0 Å². The van der Waals surface area contributed by atoms with Crippen LogP contribution in [-0.4, -0.2) is 25.8 Å². The van der Waals surface area contributed by atoms with E-state index >= 15 is 0 Å². The fourth-order valence-corrected chi connectivity index (χ4v) is 3.32. The lowest BCUT2D eigenvalue weighted by molar-refractivity contribution is 0.139. The summed E-state index contributed by atoms with van der Waals surface area (Å²) in [4.78, 5) is 2.59. The topological polar surface area (TPSA) is 26.0 Å². The number of aromatic nitrogens is 3. The smallest absolute Gasteiger partial charge is 0.0541 e. The number of rotatable bonds is 5. The van der Waals surface area contributed by atoms with Crippen LogP contribution in [-0.2, 0) is 13.1 Å². The van der Waals surface area contributed by atoms with E-state index in [0.717, 1.165) is 19.6 Å². The summed E-state index contributed by atoms with van der Waals surface area (Å²) in [6.45, 7) is 11.3. The van der Waals surface area contributed by atoms with Crippen LogP contribution in [0.1, 0.15) is 42.8 Å². The average Bonchev–Trinajstić information content (AvgIpc) is 3.09. The van der Waals surface area contributed by atoms with Crippen molar-refractivity contribution in [2.75, 3.05) is 6.54 Å². The van der Waals surface area contributed by atoms with Crippen LogP contribution in [0.15, 0.2) is 31.1 Å². The van der Waals surface area contributed by atoms with E-state index in [-0.39, 0.29) is 0 Å². The summed E-state index contributed by atoms with van der Waals surface area (Å²) in [5, 5.41) is 4.37. The number of hydrogen-bond donors (Lipinski definition) is 0. The molecule has 112 valence electrons. The normalized spacial score (nSPS) is 18.7. The van der Waals surface area contributed by atoms with Gasteiger partial charge in [0.25, 0.3) is 0 Å². The Hall–Kier alpha value is -1.81. The highest BCUT2D eigenvalue weighted by atomic mass is 15.3. The molecule has 4 nitrogen and oxygen atoms in total. The minimum Gasteiger partial charge on any atom is -0.349 e. The lowest BCUT2D eigenvalue weighted by atomic mass is 10.0. The third-order valence-corrected chi connectivity index (χ3v) is 4.53. The largest absolute Gasteiger partial charge is 0.349 e. The van der Waals surface area contributed by atoms with Crippen molar-refractivity contribution >= 4 is 6.20 Å². The second-order valence-corrected chi connectivity index (χ2v) is 5.78. The molecule has 0 saturated carbocycles. The quantitative estimate of drug-likeness (QED) is 0.840. The first kappa shape index (κ1) is 14.1. The molecule has 3 rings (SSSR count). The molecule has 0 amide bonds. The molecule has 0 bridgehead atoms. The van der Waals surface area contributed by atoms with E-state index < -0.39 is 0 Å². The summed E-state index contributed by atoms with van der Waals surface area (Å²) in [7, 11) is 0. The summed E-state index contributed by atoms with van der Waals surface area (Å²) in [6.07, 6.45) is 8.36. The van der Waals surface area contributed by atoms with Crippen LogP contribution in [0.4, 0.5) is 0 Å². The Bertz CT molecular complexity index is 623. The van der Waals surface area contributed by atoms with Gasteiger partial charge >= 0.3 is 0 Å². The van der Waals surface area contributed by atoms with Crippen LogP contribution in [0.25, 0.3) is 6.20 Å². The van der Waals surface area contributed by atoms with E-state index in [0.29, 0.717) is 6.04 Å². The zero-order valence-electron chi connectivity index (χ0n) is 13.0. The number of hydrogen-bond acceptors (Lipinski definition) is 2. The Morgan fingerprint density at radius 3 is 3.00 bits per heavy atom. The highest BCUT2D eigenvalue weighted by Gasteiger charge is 2.27. The maximum atomic E-state index is 4.37. The van der Waals surface area contributed by atoms with E-state index in [1.54, 1.807) is 6.20 Å². The van der Waals surface area contributed by atoms with Gasteiger partial charge in [0.2, 0.25) is 0 Å². The second kappa shape index (κ2) is 5.90. The van der Waals surface area contributed by atoms with Gasteiger partial charge in [0.1, 0.15) is 0 Å². The third-order valence-electron chi connectivity index (χ3n) is 4.53. The van der Waals surface area contributed by atoms with Crippen LogP contribution in [0.3, 0.4) is 0 Å². The van der Waals surface area contributed by atoms with Gasteiger partial charge in [0, 0.05) is 49.0 Å². The fourth-order valence-electron chi connectivity index (χ4n) is 3.32. The number of nitrogens with zero attached hydrogens (tertiary/aromatic N) is 4. The number of fused-ring (bicyclic) bond motifs is 1. The lowest BCUT2D eigenvalue weighted by Crippen LogP contribution is -2.37. The summed E-state index contributed by atoms with van der Waals surface area (Å²) in [5.74, 6) is 0. The standard InChI is InChI=1S/C17H24N4/c1-4-7-16-17-8-6-9-19(17)10-11-20(16)13-15-12-18-21(5-2)14(15)3/h5-6,8-9,12,16H,2,4,7,10-11,13H2,1,3H3/t16-/m1/s1. The highest BCUT2D eigenvalue weighted by molar-refractivity contribution is 5.26. The van der Waals surface area contributed by atoms with Crippen LogP contribution in [0.5, 0.6) is 0 Å². The minimum atomic E-state index is 0.519. The van der Waals surface area contributed by atoms with Gasteiger partial charge in [-0.15, -0.1) is 0 Å². The average molecular weight is 284 g/mol. The molecule has 0 aliphatic carbocycles. The molecule has 0 spiro atoms. The van der Waals surface area contributed by atoms with Gasteiger partial charge < -0.3 is 4.57 Å². The maximum absolute atomic E-state index is 4.37. The SMILES string of the molecule is C=Cn1ncc(CN2CCn3cccc3[C@H]2CCC)c1C. The molecular formula is C17H24N4. The monoisotopic (exact) mass is 284 g/mol. The molecule has 2 aromatic heterocycles. The van der Waals surface area contributed by atoms with Gasteiger partial charge in [-0.2, -0.15) is 5.10 Å². The summed E-state index contributed by atoms with van der Waals surface area (Å²) in [5.41, 5.74) is 3.95. The van der Waals surface area contributed by atoms with Gasteiger partial charge in [0.05, 0.1) is 12.2 Å². The molecular weight excluding hydrogens is 260 g/mol. The van der Waals surface area contributed by atoms with Gasteiger partial charge in [-0.05, 0) is 25.5 Å². The van der Waals surface area contributed by atoms with Gasteiger partial charge in [0.15, 0.2) is 0 Å². The summed E-state index contributed by atoms with van der Waals surface area (Å²) in [6, 6.07) is 4.96. The molecule has 0 unspecified atom stereocenters. The molecule has 0 fully saturated rings. The summed E-state index contributed by atoms with van der Waals surface area (Å²) >= 11 is 0. The lowest BCUT2D eigenvalue weighted by Gasteiger charge is -2.37. The van der Waals surface area contributed by atoms with Crippen molar-refractivity contribution in [3.05, 3.63) is 48.1 Å². The molecule has 1 atom stereocenters. The zero-order chi connectivity index (χ0) is 14.8. The van der Waals surface area contributed by atoms with Crippen molar-refractivity contribution in [3.63, 3.8) is 0 Å². The Labute approximate surface area is 126 Å². The van der Waals surface area contributed by atoms with Crippen molar-refractivity contribution in [3.8, 4) is 0 Å². The first-order chi connectivity index (χ1) is 10.2. The molecule has 0 radical (unpaired) electrons. The Morgan fingerprint density at radius 1 is 1.43 bits per heavy atom. The van der Waals surface area contributed by atoms with Gasteiger partial charge in [-0.3, -0.25) is 4.90 Å². The van der Waals surface area contributed by atoms with E-state index in [2.05, 4.69) is 53.3 Å². The molecule has 4 heteroatoms. The molecule has 1 aliphatic rings. The first-order valence-electron chi connectivity index (χ1n) is 7.79. The zero-order valence-corrected chi connectivity index (χ0v) is 13.0. The Kier molecular flexibility index (Phi) is 3.97. The highest BCUT2D eigenvalue weighted by Crippen LogP contribution is 2.31. The van der Waals surface area contributed by atoms with Crippen LogP contribution in [0, 0.1) is 6.92 Å². The second-order valence-electron chi connectivity index (χ2n) is 5.78. The van der Waals surface area contributed by atoms with Crippen molar-refractivity contribution < 1.29 is 0 Å². The molecule has 2 aromatic rings. The molecule has 3 heterocycles. The van der Waals surface area contributed by atoms with E-state index in [4.69, 9.17) is 0 Å². The van der Waals surface area contributed by atoms with E-state index in [1.165, 1.54) is 29.8 Å². The van der Waals surface area contributed by atoms with Crippen molar-refractivity contribution in [2.45, 2.75) is 45.8 Å². The van der Waals surface area contributed by atoms with Crippen LogP contribution >= 0.6 is 0 Å². The van der Waals surface area contributed by atoms with Crippen LogP contribution < -0.4 is 0 Å². The predicted molar refractivity (Wildman–Crippen MR) is 85.8 cm³/mol. The Morgan fingerprint density at radius 2 is 2.29 bits per heavy atom. The molecule has 0 N–H and O–H groups in total. The summed E-state index contributed by atoms with van der Waals surface area (Å²) < 4.78 is 4.26. The van der Waals surface area contributed by atoms with Crippen LogP contribution in [0.2, 0.25) is 0 Å². The molecule has 21 heavy (non-hydrogen) atoms. The third kappa shape index (κ3) is 2.56. The first-order valence-corrected chi connectivity index (χ1v) is 7.79. The molecule has 0 aromatic carbocycles. The van der Waals surface area contributed by atoms with Gasteiger partial charge in [-0.25, -0.2) is 4.68 Å². The van der Waals surface area contributed by atoms with E-state index in [1.807, 2.05) is 10.9 Å². The maximum Gasteiger partial charge on any atom is 0.0541 e. The fraction of sp³-hybridized carbons (Fsp3) is 0.471. The molecule has 1 aliphatic heterocycles. The Balaban J connectivity index is 1.84.